The highest BCUT2D eigenvalue weighted by molar-refractivity contribution is 6.79. The predicted molar refractivity (Wildman–Crippen MR) is 45.7 cm³/mol. The average Bonchev–Trinajstić information content (AvgIpc) is 2.13. The Morgan fingerprint density at radius 1 is 1.30 bits per heavy atom. The maximum absolute atomic E-state index is 4.21. The van der Waals surface area contributed by atoms with Crippen molar-refractivity contribution >= 4 is 8.07 Å². The molecule has 1 atom stereocenters. The molecule has 0 bridgehead atoms. The van der Waals surface area contributed by atoms with Crippen LogP contribution in [0.2, 0.25) is 19.6 Å². The molecular formula is C7H14N2Si. The van der Waals surface area contributed by atoms with Crippen LogP contribution in [0.5, 0.6) is 0 Å². The lowest BCUT2D eigenvalue weighted by Gasteiger charge is -2.30. The van der Waals surface area contributed by atoms with Gasteiger partial charge in [-0.1, -0.05) is 19.6 Å². The van der Waals surface area contributed by atoms with E-state index in [1.165, 1.54) is 0 Å². The normalized spacial score (nSPS) is 31.6. The third kappa shape index (κ3) is 1.05. The molecule has 0 radical (unpaired) electrons. The molecule has 0 saturated carbocycles. The van der Waals surface area contributed by atoms with Crippen LogP contribution in [0.15, 0.2) is 22.5 Å². The zero-order valence-corrected chi connectivity index (χ0v) is 8.05. The molecule has 0 aromatic heterocycles. The van der Waals surface area contributed by atoms with Gasteiger partial charge in [-0.25, -0.2) is 0 Å². The Morgan fingerprint density at radius 2 is 1.90 bits per heavy atom. The van der Waals surface area contributed by atoms with Crippen LogP contribution in [0, 0.1) is 0 Å². The van der Waals surface area contributed by atoms with Crippen LogP contribution in [0.25, 0.3) is 0 Å². The van der Waals surface area contributed by atoms with Crippen LogP contribution in [0.1, 0.15) is 6.92 Å². The Bertz CT molecular complexity index is 176. The summed E-state index contributed by atoms with van der Waals surface area (Å²) in [6, 6.07) is 0. The molecule has 1 heterocycles. The Kier molecular flexibility index (Phi) is 1.55. The maximum Gasteiger partial charge on any atom is 0.0884 e. The second-order valence-corrected chi connectivity index (χ2v) is 9.44. The number of azo groups is 1. The van der Waals surface area contributed by atoms with E-state index in [1.807, 2.05) is 0 Å². The van der Waals surface area contributed by atoms with Crippen LogP contribution in [0.4, 0.5) is 0 Å². The number of hydrogen-bond acceptors (Lipinski definition) is 2. The van der Waals surface area contributed by atoms with Crippen LogP contribution in [0.3, 0.4) is 0 Å². The molecule has 0 fully saturated rings. The van der Waals surface area contributed by atoms with Gasteiger partial charge in [-0.05, 0) is 13.0 Å². The molecule has 10 heavy (non-hydrogen) atoms. The first kappa shape index (κ1) is 7.66. The first-order valence-electron chi connectivity index (χ1n) is 3.55. The summed E-state index contributed by atoms with van der Waals surface area (Å²) < 4.78 is 0. The molecule has 0 aliphatic carbocycles. The van der Waals surface area contributed by atoms with Crippen LogP contribution in [-0.4, -0.2) is 13.2 Å². The molecule has 3 heteroatoms. The molecule has 56 valence electrons. The summed E-state index contributed by atoms with van der Waals surface area (Å²) in [6.07, 6.45) is 3.91. The second kappa shape index (κ2) is 2.02. The summed E-state index contributed by atoms with van der Waals surface area (Å²) in [5.41, 5.74) is 0. The van der Waals surface area contributed by atoms with E-state index in [0.29, 0.717) is 0 Å². The Labute approximate surface area is 63.1 Å². The Balaban J connectivity index is 2.90. The van der Waals surface area contributed by atoms with Crippen molar-refractivity contribution in [1.29, 1.82) is 0 Å². The third-order valence-electron chi connectivity index (χ3n) is 2.25. The van der Waals surface area contributed by atoms with E-state index in [2.05, 4.69) is 42.9 Å². The molecular weight excluding hydrogens is 140 g/mol. The lowest BCUT2D eigenvalue weighted by molar-refractivity contribution is 0.766. The van der Waals surface area contributed by atoms with E-state index < -0.39 is 8.07 Å². The van der Waals surface area contributed by atoms with Crippen molar-refractivity contribution in [2.24, 2.45) is 10.2 Å². The first-order chi connectivity index (χ1) is 4.46. The summed E-state index contributed by atoms with van der Waals surface area (Å²) in [5, 5.41) is 8.15. The fourth-order valence-corrected chi connectivity index (χ4v) is 1.70. The van der Waals surface area contributed by atoms with Gasteiger partial charge < -0.3 is 0 Å². The van der Waals surface area contributed by atoms with Crippen molar-refractivity contribution in [3.63, 3.8) is 0 Å². The van der Waals surface area contributed by atoms with Gasteiger partial charge in [0.05, 0.1) is 13.2 Å². The van der Waals surface area contributed by atoms with Crippen molar-refractivity contribution in [3.05, 3.63) is 12.3 Å². The smallest absolute Gasteiger partial charge is 0.0884 e. The lowest BCUT2D eigenvalue weighted by Crippen LogP contribution is -2.45. The molecule has 2 nitrogen and oxygen atoms in total. The van der Waals surface area contributed by atoms with Gasteiger partial charge in [-0.3, -0.25) is 0 Å². The van der Waals surface area contributed by atoms with E-state index in [1.54, 1.807) is 6.20 Å². The Hall–Kier alpha value is -0.443. The molecule has 1 unspecified atom stereocenters. The topological polar surface area (TPSA) is 24.7 Å². The van der Waals surface area contributed by atoms with Crippen molar-refractivity contribution in [2.75, 3.05) is 0 Å². The van der Waals surface area contributed by atoms with Gasteiger partial charge in [0, 0.05) is 6.20 Å². The van der Waals surface area contributed by atoms with Gasteiger partial charge in [0.2, 0.25) is 0 Å². The molecule has 0 aromatic carbocycles. The van der Waals surface area contributed by atoms with Gasteiger partial charge in [0.1, 0.15) is 0 Å². The predicted octanol–water partition coefficient (Wildman–Crippen LogP) is 2.60. The number of rotatable bonds is 1. The van der Waals surface area contributed by atoms with E-state index in [-0.39, 0.29) is 5.16 Å². The van der Waals surface area contributed by atoms with Gasteiger partial charge in [0.15, 0.2) is 0 Å². The zero-order valence-electron chi connectivity index (χ0n) is 7.05. The molecule has 0 aromatic rings. The summed E-state index contributed by atoms with van der Waals surface area (Å²) in [5.74, 6) is 0. The van der Waals surface area contributed by atoms with Gasteiger partial charge in [-0.15, -0.1) is 0 Å². The SMILES string of the molecule is CC1([Si](C)(C)C)C=CN=N1. The summed E-state index contributed by atoms with van der Waals surface area (Å²) >= 11 is 0. The van der Waals surface area contributed by atoms with E-state index in [9.17, 15) is 0 Å². The Morgan fingerprint density at radius 3 is 2.10 bits per heavy atom. The van der Waals surface area contributed by atoms with Crippen LogP contribution >= 0.6 is 0 Å². The van der Waals surface area contributed by atoms with Crippen molar-refractivity contribution in [1.82, 2.24) is 0 Å². The van der Waals surface area contributed by atoms with E-state index in [4.69, 9.17) is 0 Å². The molecule has 0 saturated heterocycles. The van der Waals surface area contributed by atoms with Crippen molar-refractivity contribution < 1.29 is 0 Å². The molecule has 1 aliphatic rings. The van der Waals surface area contributed by atoms with Crippen molar-refractivity contribution in [2.45, 2.75) is 31.7 Å². The van der Waals surface area contributed by atoms with Gasteiger partial charge in [-0.2, -0.15) is 10.2 Å². The van der Waals surface area contributed by atoms with Gasteiger partial charge >= 0.3 is 0 Å². The standard InChI is InChI=1S/C7H14N2Si/c1-7(10(2,3)4)5-6-8-9-7/h5-6H,1-4H3. The maximum atomic E-state index is 4.21. The minimum absolute atomic E-state index is 0.0486. The van der Waals surface area contributed by atoms with Crippen LogP contribution < -0.4 is 0 Å². The van der Waals surface area contributed by atoms with E-state index in [0.717, 1.165) is 0 Å². The van der Waals surface area contributed by atoms with Crippen LogP contribution in [-0.2, 0) is 0 Å². The summed E-state index contributed by atoms with van der Waals surface area (Å²) in [6.45, 7) is 9.08. The monoisotopic (exact) mass is 154 g/mol. The first-order valence-corrected chi connectivity index (χ1v) is 7.05. The minimum Gasteiger partial charge on any atom is -0.182 e. The largest absolute Gasteiger partial charge is 0.182 e. The zero-order chi connectivity index (χ0) is 7.83. The fourth-order valence-electron chi connectivity index (χ4n) is 0.765. The number of hydrogen-bond donors (Lipinski definition) is 0. The quantitative estimate of drug-likeness (QED) is 0.519. The van der Waals surface area contributed by atoms with E-state index >= 15 is 0 Å². The average molecular weight is 154 g/mol. The highest BCUT2D eigenvalue weighted by atomic mass is 28.3. The van der Waals surface area contributed by atoms with Crippen molar-refractivity contribution in [3.8, 4) is 0 Å². The molecule has 0 amide bonds. The second-order valence-electron chi connectivity index (χ2n) is 3.93. The minimum atomic E-state index is -1.20. The summed E-state index contributed by atoms with van der Waals surface area (Å²) in [4.78, 5) is 0. The molecule has 1 aliphatic heterocycles. The fraction of sp³-hybridized carbons (Fsp3) is 0.714. The lowest BCUT2D eigenvalue weighted by atomic mass is 10.3. The molecule has 0 spiro atoms. The highest BCUT2D eigenvalue weighted by Crippen LogP contribution is 2.29. The number of nitrogens with zero attached hydrogens (tertiary/aromatic N) is 2. The third-order valence-corrected chi connectivity index (χ3v) is 5.55. The van der Waals surface area contributed by atoms with Gasteiger partial charge in [0.25, 0.3) is 0 Å². The molecule has 0 N–H and O–H groups in total. The summed E-state index contributed by atoms with van der Waals surface area (Å²) in [7, 11) is -1.20. The highest BCUT2D eigenvalue weighted by Gasteiger charge is 2.38. The molecule has 1 rings (SSSR count).